The van der Waals surface area contributed by atoms with E-state index < -0.39 is 10.8 Å². The predicted molar refractivity (Wildman–Crippen MR) is 122 cm³/mol. The van der Waals surface area contributed by atoms with Crippen LogP contribution in [0.5, 0.6) is 0 Å². The fourth-order valence-corrected chi connectivity index (χ4v) is 3.53. The molecule has 3 rings (SSSR count). The highest BCUT2D eigenvalue weighted by molar-refractivity contribution is 8.00. The van der Waals surface area contributed by atoms with Crippen molar-refractivity contribution in [3.8, 4) is 11.3 Å². The molecule has 160 valence electrons. The number of rotatable bonds is 7. The van der Waals surface area contributed by atoms with Crippen LogP contribution in [-0.4, -0.2) is 32.2 Å². The number of benzene rings is 2. The second-order valence-electron chi connectivity index (χ2n) is 6.48. The molecular weight excluding hydrogens is 438 g/mol. The maximum Gasteiger partial charge on any atom is 0.278 e. The maximum absolute atomic E-state index is 12.6. The molecule has 2 aromatic carbocycles. The van der Waals surface area contributed by atoms with Gasteiger partial charge in [-0.3, -0.25) is 19.4 Å². The van der Waals surface area contributed by atoms with E-state index in [1.807, 2.05) is 0 Å². The smallest absolute Gasteiger partial charge is 0.278 e. The molecule has 31 heavy (non-hydrogen) atoms. The van der Waals surface area contributed by atoms with E-state index >= 15 is 0 Å². The number of carbonyl (C=O) groups excluding carboxylic acids is 2. The number of hydrogen-bond acceptors (Lipinski definition) is 6. The van der Waals surface area contributed by atoms with Gasteiger partial charge in [-0.05, 0) is 25.1 Å². The van der Waals surface area contributed by atoms with Crippen LogP contribution in [0.3, 0.4) is 0 Å². The van der Waals surface area contributed by atoms with Gasteiger partial charge in [-0.25, -0.2) is 0 Å². The zero-order valence-corrected chi connectivity index (χ0v) is 18.4. The third-order valence-electron chi connectivity index (χ3n) is 4.24. The number of nitrogens with one attached hydrogen (secondary N) is 3. The van der Waals surface area contributed by atoms with Crippen LogP contribution in [0.2, 0.25) is 5.02 Å². The minimum atomic E-state index is -0.566. The number of hydrogen-bond donors (Lipinski definition) is 3. The van der Waals surface area contributed by atoms with Crippen molar-refractivity contribution in [3.05, 3.63) is 63.9 Å². The van der Waals surface area contributed by atoms with Crippen LogP contribution in [-0.2, 0) is 9.59 Å². The Kier molecular flexibility index (Phi) is 7.43. The van der Waals surface area contributed by atoms with Crippen molar-refractivity contribution in [2.45, 2.75) is 30.7 Å². The standard InChI is InChI=1S/C21H20ClN5O3S/c1-3-17(28)23-15-10-6-4-8-13(15)18-20(30)25-21(27-26-18)31-12(2)19(29)24-16-11-7-5-9-14(16)22/h4-12H,3H2,1-2H3,(H,23,28)(H,24,29)(H,25,27,30)/t12-/m1/s1. The first kappa shape index (κ1) is 22.5. The number of halogens is 1. The van der Waals surface area contributed by atoms with Crippen LogP contribution in [0, 0.1) is 0 Å². The second-order valence-corrected chi connectivity index (χ2v) is 8.22. The number of para-hydroxylation sites is 2. The molecule has 1 aromatic heterocycles. The molecule has 0 saturated carbocycles. The molecule has 8 nitrogen and oxygen atoms in total. The third kappa shape index (κ3) is 5.71. The lowest BCUT2D eigenvalue weighted by atomic mass is 10.1. The van der Waals surface area contributed by atoms with Crippen molar-refractivity contribution in [1.29, 1.82) is 0 Å². The number of aromatic nitrogens is 3. The fourth-order valence-electron chi connectivity index (χ4n) is 2.61. The highest BCUT2D eigenvalue weighted by Crippen LogP contribution is 2.26. The van der Waals surface area contributed by atoms with Gasteiger partial charge in [-0.1, -0.05) is 60.6 Å². The summed E-state index contributed by atoms with van der Waals surface area (Å²) in [5, 5.41) is 13.6. The van der Waals surface area contributed by atoms with Gasteiger partial charge in [-0.15, -0.1) is 10.2 Å². The van der Waals surface area contributed by atoms with Gasteiger partial charge < -0.3 is 10.6 Å². The molecular formula is C21H20ClN5O3S. The average Bonchev–Trinajstić information content (AvgIpc) is 2.76. The monoisotopic (exact) mass is 457 g/mol. The van der Waals surface area contributed by atoms with Gasteiger partial charge >= 0.3 is 0 Å². The normalized spacial score (nSPS) is 11.6. The summed E-state index contributed by atoms with van der Waals surface area (Å²) >= 11 is 7.12. The van der Waals surface area contributed by atoms with Gasteiger partial charge in [0.1, 0.15) is 0 Å². The Bertz CT molecular complexity index is 1170. The largest absolute Gasteiger partial charge is 0.325 e. The van der Waals surface area contributed by atoms with E-state index in [-0.39, 0.29) is 22.7 Å². The SMILES string of the molecule is CCC(=O)Nc1ccccc1-c1nnc(S[C@H](C)C(=O)Nc2ccccc2Cl)[nH]c1=O. The Labute approximate surface area is 187 Å². The van der Waals surface area contributed by atoms with Crippen molar-refractivity contribution >= 4 is 46.6 Å². The lowest BCUT2D eigenvalue weighted by molar-refractivity contribution is -0.116. The first-order chi connectivity index (χ1) is 14.9. The number of carbonyl (C=O) groups is 2. The lowest BCUT2D eigenvalue weighted by Crippen LogP contribution is -2.24. The van der Waals surface area contributed by atoms with E-state index in [1.165, 1.54) is 0 Å². The number of aromatic amines is 1. The molecule has 0 aliphatic heterocycles. The molecule has 0 unspecified atom stereocenters. The minimum Gasteiger partial charge on any atom is -0.325 e. The molecule has 3 N–H and O–H groups in total. The average molecular weight is 458 g/mol. The third-order valence-corrected chi connectivity index (χ3v) is 5.55. The van der Waals surface area contributed by atoms with E-state index in [0.29, 0.717) is 28.4 Å². The molecule has 0 fully saturated rings. The summed E-state index contributed by atoms with van der Waals surface area (Å²) in [5.41, 5.74) is 1.03. The molecule has 3 aromatic rings. The number of anilines is 2. The lowest BCUT2D eigenvalue weighted by Gasteiger charge is -2.12. The first-order valence-electron chi connectivity index (χ1n) is 9.47. The Morgan fingerprint density at radius 2 is 1.74 bits per heavy atom. The highest BCUT2D eigenvalue weighted by atomic mass is 35.5. The maximum atomic E-state index is 12.6. The molecule has 1 heterocycles. The van der Waals surface area contributed by atoms with Gasteiger partial charge in [0.25, 0.3) is 5.56 Å². The summed E-state index contributed by atoms with van der Waals surface area (Å²) < 4.78 is 0. The van der Waals surface area contributed by atoms with E-state index in [1.54, 1.807) is 62.4 Å². The number of H-pyrrole nitrogens is 1. The molecule has 10 heteroatoms. The molecule has 0 saturated heterocycles. The Balaban J connectivity index is 1.76. The summed E-state index contributed by atoms with van der Waals surface area (Å²) in [6.45, 7) is 3.42. The molecule has 1 atom stereocenters. The summed E-state index contributed by atoms with van der Waals surface area (Å²) in [6, 6.07) is 13.8. The zero-order chi connectivity index (χ0) is 22.4. The number of amides is 2. The van der Waals surface area contributed by atoms with Gasteiger partial charge in [0.05, 0.1) is 21.6 Å². The van der Waals surface area contributed by atoms with Crippen molar-refractivity contribution in [1.82, 2.24) is 15.2 Å². The molecule has 0 spiro atoms. The quantitative estimate of drug-likeness (QED) is 0.462. The van der Waals surface area contributed by atoms with Gasteiger partial charge in [0.15, 0.2) is 10.9 Å². The summed E-state index contributed by atoms with van der Waals surface area (Å²) in [5.74, 6) is -0.472. The molecule has 0 aliphatic carbocycles. The summed E-state index contributed by atoms with van der Waals surface area (Å²) in [6.07, 6.45) is 0.306. The van der Waals surface area contributed by atoms with E-state index in [9.17, 15) is 14.4 Å². The van der Waals surface area contributed by atoms with Crippen molar-refractivity contribution < 1.29 is 9.59 Å². The van der Waals surface area contributed by atoms with Crippen LogP contribution in [0.4, 0.5) is 11.4 Å². The van der Waals surface area contributed by atoms with E-state index in [0.717, 1.165) is 11.8 Å². The molecule has 0 bridgehead atoms. The first-order valence-corrected chi connectivity index (χ1v) is 10.7. The van der Waals surface area contributed by atoms with E-state index in [4.69, 9.17) is 11.6 Å². The predicted octanol–water partition coefficient (Wildman–Crippen LogP) is 3.95. The van der Waals surface area contributed by atoms with Crippen LogP contribution >= 0.6 is 23.4 Å². The Morgan fingerprint density at radius 1 is 1.06 bits per heavy atom. The topological polar surface area (TPSA) is 117 Å². The van der Waals surface area contributed by atoms with Crippen LogP contribution in [0.1, 0.15) is 20.3 Å². The van der Waals surface area contributed by atoms with Crippen molar-refractivity contribution in [3.63, 3.8) is 0 Å². The van der Waals surface area contributed by atoms with Gasteiger partial charge in [-0.2, -0.15) is 0 Å². The van der Waals surface area contributed by atoms with Crippen LogP contribution in [0.15, 0.2) is 58.5 Å². The second kappa shape index (κ2) is 10.2. The van der Waals surface area contributed by atoms with Crippen molar-refractivity contribution in [2.75, 3.05) is 10.6 Å². The van der Waals surface area contributed by atoms with Crippen molar-refractivity contribution in [2.24, 2.45) is 0 Å². The molecule has 2 amide bonds. The van der Waals surface area contributed by atoms with E-state index in [2.05, 4.69) is 25.8 Å². The number of nitrogens with zero attached hydrogens (tertiary/aromatic N) is 2. The fraction of sp³-hybridized carbons (Fsp3) is 0.190. The molecule has 0 radical (unpaired) electrons. The van der Waals surface area contributed by atoms with Gasteiger partial charge in [0.2, 0.25) is 11.8 Å². The molecule has 0 aliphatic rings. The van der Waals surface area contributed by atoms with Crippen LogP contribution in [0.25, 0.3) is 11.3 Å². The summed E-state index contributed by atoms with van der Waals surface area (Å²) in [7, 11) is 0. The highest BCUT2D eigenvalue weighted by Gasteiger charge is 2.19. The van der Waals surface area contributed by atoms with Crippen LogP contribution < -0.4 is 16.2 Å². The Morgan fingerprint density at radius 3 is 2.42 bits per heavy atom. The zero-order valence-electron chi connectivity index (χ0n) is 16.8. The Hall–Kier alpha value is -3.17. The summed E-state index contributed by atoms with van der Waals surface area (Å²) in [4.78, 5) is 39.5. The number of thioether (sulfide) groups is 1. The van der Waals surface area contributed by atoms with Gasteiger partial charge in [0, 0.05) is 12.0 Å². The minimum absolute atomic E-state index is 0.0736.